The number of aryl methyl sites for hydroxylation is 1. The zero-order valence-corrected chi connectivity index (χ0v) is 18.5. The van der Waals surface area contributed by atoms with Crippen LogP contribution in [0.3, 0.4) is 0 Å². The third kappa shape index (κ3) is 7.54. The van der Waals surface area contributed by atoms with Crippen molar-refractivity contribution in [1.29, 1.82) is 0 Å². The van der Waals surface area contributed by atoms with Crippen LogP contribution in [0.4, 0.5) is 0 Å². The van der Waals surface area contributed by atoms with Crippen LogP contribution in [0.1, 0.15) is 61.5 Å². The van der Waals surface area contributed by atoms with E-state index in [4.69, 9.17) is 4.18 Å². The van der Waals surface area contributed by atoms with Gasteiger partial charge < -0.3 is 9.08 Å². The molecule has 0 N–H and O–H groups in total. The van der Waals surface area contributed by atoms with Gasteiger partial charge in [-0.2, -0.15) is 8.42 Å². The van der Waals surface area contributed by atoms with E-state index in [1.54, 1.807) is 23.1 Å². The molecule has 29 heavy (non-hydrogen) atoms. The van der Waals surface area contributed by atoms with Crippen LogP contribution in [-0.4, -0.2) is 31.5 Å². The largest absolute Gasteiger partial charge is 0.383 e. The molecule has 2 rings (SSSR count). The monoisotopic (exact) mass is 417 g/mol. The molecule has 0 aromatic heterocycles. The number of carbonyl (C=O) groups excluding carboxylic acids is 1. The third-order valence-electron chi connectivity index (χ3n) is 4.65. The van der Waals surface area contributed by atoms with Gasteiger partial charge in [-0.15, -0.1) is 0 Å². The summed E-state index contributed by atoms with van der Waals surface area (Å²) in [5.41, 5.74) is 2.71. The summed E-state index contributed by atoms with van der Waals surface area (Å²) in [6.45, 7) is 6.49. The van der Waals surface area contributed by atoms with Gasteiger partial charge >= 0.3 is 10.1 Å². The van der Waals surface area contributed by atoms with Crippen LogP contribution in [0.2, 0.25) is 0 Å². The van der Waals surface area contributed by atoms with Gasteiger partial charge in [-0.3, -0.25) is 4.79 Å². The van der Waals surface area contributed by atoms with Crippen molar-refractivity contribution in [2.45, 2.75) is 59.0 Å². The quantitative estimate of drug-likeness (QED) is 0.411. The lowest BCUT2D eigenvalue weighted by Crippen LogP contribution is -2.36. The summed E-state index contributed by atoms with van der Waals surface area (Å²) in [7, 11) is -3.59. The smallest absolute Gasteiger partial charge is 0.306 e. The molecule has 0 aliphatic heterocycles. The van der Waals surface area contributed by atoms with E-state index in [2.05, 4.69) is 6.92 Å². The first-order valence-electron chi connectivity index (χ1n) is 10.1. The fourth-order valence-electron chi connectivity index (χ4n) is 3.11. The molecular formula is C23H31NO4S. The lowest BCUT2D eigenvalue weighted by molar-refractivity contribution is 0.0690. The highest BCUT2D eigenvalue weighted by atomic mass is 32.2. The molecule has 158 valence electrons. The highest BCUT2D eigenvalue weighted by Gasteiger charge is 2.19. The molecule has 0 aliphatic carbocycles. The number of rotatable bonds is 10. The van der Waals surface area contributed by atoms with Crippen LogP contribution in [0.5, 0.6) is 5.75 Å². The summed E-state index contributed by atoms with van der Waals surface area (Å²) in [5.74, 6) is 0.201. The van der Waals surface area contributed by atoms with Crippen molar-refractivity contribution in [1.82, 2.24) is 4.90 Å². The predicted octanol–water partition coefficient (Wildman–Crippen LogP) is 4.81. The zero-order valence-electron chi connectivity index (χ0n) is 17.7. The molecule has 0 fully saturated rings. The summed E-state index contributed by atoms with van der Waals surface area (Å²) in [4.78, 5) is 14.8. The van der Waals surface area contributed by atoms with Crippen LogP contribution in [0, 0.1) is 0 Å². The fraction of sp³-hybridized carbons (Fsp3) is 0.435. The van der Waals surface area contributed by atoms with Gasteiger partial charge in [0.25, 0.3) is 5.91 Å². The molecular weight excluding hydrogens is 386 g/mol. The van der Waals surface area contributed by atoms with E-state index in [9.17, 15) is 13.2 Å². The molecule has 0 saturated carbocycles. The Bertz CT molecular complexity index is 905. The lowest BCUT2D eigenvalue weighted by atomic mass is 10.0. The van der Waals surface area contributed by atoms with Crippen LogP contribution >= 0.6 is 0 Å². The Morgan fingerprint density at radius 1 is 1.03 bits per heavy atom. The highest BCUT2D eigenvalue weighted by molar-refractivity contribution is 7.86. The molecule has 2 aromatic carbocycles. The molecule has 5 nitrogen and oxygen atoms in total. The van der Waals surface area contributed by atoms with Crippen molar-refractivity contribution < 1.29 is 17.4 Å². The summed E-state index contributed by atoms with van der Waals surface area (Å²) in [6, 6.07) is 14.7. The SMILES string of the molecule is CCCCCc1ccc(C(=O)N(Cc2cccc(OS(C)(=O)=O)c2)C(C)C)cc1. The minimum absolute atomic E-state index is 0.00814. The summed E-state index contributed by atoms with van der Waals surface area (Å²) in [6.07, 6.45) is 5.60. The molecule has 0 saturated heterocycles. The van der Waals surface area contributed by atoms with Gasteiger partial charge in [-0.05, 0) is 62.1 Å². The maximum atomic E-state index is 13.1. The van der Waals surface area contributed by atoms with Gasteiger partial charge in [0.05, 0.1) is 6.26 Å². The first kappa shape index (κ1) is 22.9. The van der Waals surface area contributed by atoms with E-state index in [0.717, 1.165) is 24.7 Å². The first-order chi connectivity index (χ1) is 13.7. The number of amides is 1. The van der Waals surface area contributed by atoms with Crippen LogP contribution in [0.15, 0.2) is 48.5 Å². The van der Waals surface area contributed by atoms with E-state index in [1.807, 2.05) is 44.2 Å². The molecule has 0 aliphatic rings. The Balaban J connectivity index is 2.13. The summed E-state index contributed by atoms with van der Waals surface area (Å²) >= 11 is 0. The van der Waals surface area contributed by atoms with Crippen LogP contribution < -0.4 is 4.18 Å². The fourth-order valence-corrected chi connectivity index (χ4v) is 3.57. The Labute approximate surface area is 174 Å². The van der Waals surface area contributed by atoms with Crippen molar-refractivity contribution in [3.8, 4) is 5.75 Å². The standard InChI is InChI=1S/C23H31NO4S/c1-5-6-7-9-19-12-14-21(15-13-19)23(25)24(18(2)3)17-20-10-8-11-22(16-20)28-29(4,26)27/h8,10-16,18H,5-7,9,17H2,1-4H3. The Morgan fingerprint density at radius 2 is 1.72 bits per heavy atom. The summed E-state index contributed by atoms with van der Waals surface area (Å²) in [5, 5.41) is 0. The van der Waals surface area contributed by atoms with Crippen molar-refractivity contribution >= 4 is 16.0 Å². The molecule has 0 heterocycles. The number of unbranched alkanes of at least 4 members (excludes halogenated alkanes) is 2. The normalized spacial score (nSPS) is 11.5. The lowest BCUT2D eigenvalue weighted by Gasteiger charge is -2.27. The second kappa shape index (κ2) is 10.4. The van der Waals surface area contributed by atoms with E-state index >= 15 is 0 Å². The topological polar surface area (TPSA) is 63.7 Å². The Morgan fingerprint density at radius 3 is 2.31 bits per heavy atom. The number of benzene rings is 2. The zero-order chi connectivity index (χ0) is 21.4. The molecule has 0 radical (unpaired) electrons. The van der Waals surface area contributed by atoms with Crippen LogP contribution in [-0.2, 0) is 23.1 Å². The van der Waals surface area contributed by atoms with Crippen molar-refractivity contribution in [2.24, 2.45) is 0 Å². The average Bonchev–Trinajstić information content (AvgIpc) is 2.65. The maximum Gasteiger partial charge on any atom is 0.306 e. The van der Waals surface area contributed by atoms with Gasteiger partial charge in [-0.1, -0.05) is 44.0 Å². The Hall–Kier alpha value is -2.34. The molecule has 1 amide bonds. The molecule has 0 spiro atoms. The minimum atomic E-state index is -3.59. The molecule has 0 bridgehead atoms. The number of hydrogen-bond donors (Lipinski definition) is 0. The van der Waals surface area contributed by atoms with E-state index in [1.165, 1.54) is 18.4 Å². The van der Waals surface area contributed by atoms with Gasteiger partial charge in [-0.25, -0.2) is 0 Å². The summed E-state index contributed by atoms with van der Waals surface area (Å²) < 4.78 is 27.7. The average molecular weight is 418 g/mol. The van der Waals surface area contributed by atoms with Gasteiger partial charge in [0.2, 0.25) is 0 Å². The van der Waals surface area contributed by atoms with E-state index in [-0.39, 0.29) is 17.7 Å². The molecule has 6 heteroatoms. The number of hydrogen-bond acceptors (Lipinski definition) is 4. The predicted molar refractivity (Wildman–Crippen MR) is 117 cm³/mol. The minimum Gasteiger partial charge on any atom is -0.383 e. The van der Waals surface area contributed by atoms with Gasteiger partial charge in [0.1, 0.15) is 5.75 Å². The van der Waals surface area contributed by atoms with Crippen molar-refractivity contribution in [3.05, 3.63) is 65.2 Å². The first-order valence-corrected chi connectivity index (χ1v) is 11.9. The second-order valence-corrected chi connectivity index (χ2v) is 9.19. The van der Waals surface area contributed by atoms with Gasteiger partial charge in [0, 0.05) is 18.2 Å². The van der Waals surface area contributed by atoms with E-state index in [0.29, 0.717) is 12.1 Å². The van der Waals surface area contributed by atoms with Crippen molar-refractivity contribution in [3.63, 3.8) is 0 Å². The number of nitrogens with zero attached hydrogens (tertiary/aromatic N) is 1. The molecule has 0 atom stereocenters. The molecule has 2 aromatic rings. The van der Waals surface area contributed by atoms with E-state index < -0.39 is 10.1 Å². The van der Waals surface area contributed by atoms with Crippen LogP contribution in [0.25, 0.3) is 0 Å². The Kier molecular flexibility index (Phi) is 8.26. The third-order valence-corrected chi connectivity index (χ3v) is 5.15. The second-order valence-electron chi connectivity index (χ2n) is 7.62. The number of carbonyl (C=O) groups is 1. The van der Waals surface area contributed by atoms with Gasteiger partial charge in [0.15, 0.2) is 0 Å². The van der Waals surface area contributed by atoms with Crippen molar-refractivity contribution in [2.75, 3.05) is 6.26 Å². The maximum absolute atomic E-state index is 13.1. The highest BCUT2D eigenvalue weighted by Crippen LogP contribution is 2.19. The molecule has 0 unspecified atom stereocenters.